The SMILES string of the molecule is CCOc1ccc(C(=O)Nc2ccc(Oc3cc4cnn5ccc(c3-c3cn[nH]c3)c45)c(F)c2)c(=O)n1-c1ccc(F)cc1.COc1ccc(C(=O)Nc2ccc(Oc3cc4cnn5ccc(c3-c3cn[nH]c3)c45)c(F)c2)c(=O)n1-c1ccc(F)cc1.O=C(Nc1ccc(Oc2cc3cnn4ccc(c2-c2cn[nH]c2)c34)c(F)c1)c1ccc(OC2CC2)n(-c2ccc(F)cc2)c1=O. The second kappa shape index (κ2) is 34.0. The number of carbonyl (C=O) groups excluding carboxylic acids is 3. The molecule has 12 aromatic heterocycles. The molecular formula is C96H64F6N18O12. The zero-order valence-corrected chi connectivity index (χ0v) is 68.7. The number of hydrogen-bond acceptors (Lipinski definition) is 18. The lowest BCUT2D eigenvalue weighted by molar-refractivity contribution is 0.101. The van der Waals surface area contributed by atoms with Gasteiger partial charge in [0.15, 0.2) is 34.7 Å². The number of nitrogens with one attached hydrogen (secondary N) is 6. The molecule has 6 N–H and O–H groups in total. The maximum absolute atomic E-state index is 15.4. The van der Waals surface area contributed by atoms with E-state index < -0.39 is 69.3 Å². The number of nitrogens with zero attached hydrogens (tertiary/aromatic N) is 12. The van der Waals surface area contributed by atoms with E-state index in [0.29, 0.717) is 45.4 Å². The molecule has 1 aliphatic carbocycles. The van der Waals surface area contributed by atoms with Crippen molar-refractivity contribution >= 4 is 83.7 Å². The summed E-state index contributed by atoms with van der Waals surface area (Å²) in [6.45, 7) is 2.01. The fourth-order valence-corrected chi connectivity index (χ4v) is 15.6. The van der Waals surface area contributed by atoms with Gasteiger partial charge in [-0.3, -0.25) is 44.1 Å². The highest BCUT2D eigenvalue weighted by Gasteiger charge is 2.30. The Kier molecular flexibility index (Phi) is 21.2. The van der Waals surface area contributed by atoms with Crippen molar-refractivity contribution < 1.29 is 69.1 Å². The number of pyridine rings is 3. The van der Waals surface area contributed by atoms with Gasteiger partial charge >= 0.3 is 0 Å². The zero-order chi connectivity index (χ0) is 90.7. The first-order chi connectivity index (χ1) is 64.2. The summed E-state index contributed by atoms with van der Waals surface area (Å²) < 4.78 is 131. The molecule has 652 valence electrons. The van der Waals surface area contributed by atoms with Crippen LogP contribution in [0.2, 0.25) is 0 Å². The van der Waals surface area contributed by atoms with Gasteiger partial charge in [0.05, 0.1) is 84.5 Å². The second-order valence-electron chi connectivity index (χ2n) is 30.1. The molecule has 1 fully saturated rings. The van der Waals surface area contributed by atoms with Crippen LogP contribution in [0.3, 0.4) is 0 Å². The summed E-state index contributed by atoms with van der Waals surface area (Å²) in [4.78, 5) is 79.7. The van der Waals surface area contributed by atoms with Crippen molar-refractivity contribution in [1.29, 1.82) is 0 Å². The van der Waals surface area contributed by atoms with Crippen molar-refractivity contribution in [2.45, 2.75) is 25.9 Å². The number of methoxy groups -OCH3 is 1. The van der Waals surface area contributed by atoms with Crippen LogP contribution in [-0.2, 0) is 0 Å². The molecule has 0 bridgehead atoms. The van der Waals surface area contributed by atoms with Crippen molar-refractivity contribution in [2.24, 2.45) is 0 Å². The average Bonchev–Trinajstić information content (AvgIpc) is 1.60. The first kappa shape index (κ1) is 82.2. The van der Waals surface area contributed by atoms with Crippen molar-refractivity contribution in [3.63, 3.8) is 0 Å². The molecule has 30 nitrogen and oxygen atoms in total. The molecule has 36 heteroatoms. The highest BCUT2D eigenvalue weighted by Crippen LogP contribution is 2.47. The number of benzene rings is 9. The van der Waals surface area contributed by atoms with Gasteiger partial charge in [-0.25, -0.2) is 53.6 Å². The number of H-pyrrole nitrogens is 3. The van der Waals surface area contributed by atoms with Crippen LogP contribution in [0.25, 0.3) is 99.3 Å². The van der Waals surface area contributed by atoms with E-state index in [2.05, 4.69) is 61.8 Å². The van der Waals surface area contributed by atoms with Crippen molar-refractivity contribution in [2.75, 3.05) is 29.7 Å². The van der Waals surface area contributed by atoms with Gasteiger partial charge in [0.2, 0.25) is 17.6 Å². The molecule has 12 heterocycles. The Hall–Kier alpha value is -18.1. The molecule has 22 rings (SSSR count). The normalized spacial score (nSPS) is 11.9. The van der Waals surface area contributed by atoms with Crippen LogP contribution in [0.4, 0.5) is 43.4 Å². The Morgan fingerprint density at radius 2 is 0.712 bits per heavy atom. The molecule has 21 aromatic rings. The molecule has 0 radical (unpaired) electrons. The largest absolute Gasteiger partial charge is 0.482 e. The number of aromatic amines is 3. The van der Waals surface area contributed by atoms with Crippen molar-refractivity contribution in [3.05, 3.63) is 357 Å². The lowest BCUT2D eigenvalue weighted by Gasteiger charge is -2.15. The van der Waals surface area contributed by atoms with Gasteiger partial charge in [-0.2, -0.15) is 30.6 Å². The number of ether oxygens (including phenoxy) is 6. The minimum atomic E-state index is -0.767. The Bertz CT molecular complexity index is 8180. The van der Waals surface area contributed by atoms with Crippen molar-refractivity contribution in [3.8, 4) is 103 Å². The van der Waals surface area contributed by atoms with Gasteiger partial charge in [0.1, 0.15) is 57.5 Å². The molecule has 0 aliphatic heterocycles. The smallest absolute Gasteiger partial charge is 0.270 e. The molecular weight excluding hydrogens is 1710 g/mol. The monoisotopic (exact) mass is 1770 g/mol. The van der Waals surface area contributed by atoms with E-state index in [-0.39, 0.29) is 81.4 Å². The second-order valence-corrected chi connectivity index (χ2v) is 30.1. The molecule has 9 aromatic carbocycles. The summed E-state index contributed by atoms with van der Waals surface area (Å²) in [6.07, 6.45) is 22.4. The van der Waals surface area contributed by atoms with Crippen LogP contribution in [0.15, 0.2) is 289 Å². The summed E-state index contributed by atoms with van der Waals surface area (Å²) in [5, 5.41) is 46.4. The number of hydrogen-bond donors (Lipinski definition) is 6. The van der Waals surface area contributed by atoms with Crippen LogP contribution in [0.1, 0.15) is 50.8 Å². The third-order valence-corrected chi connectivity index (χ3v) is 21.8. The average molecular weight is 1780 g/mol. The standard InChI is InChI=1S/C33H22F2N6O4.C32H22F2N6O4.C31H20F2N6O4/c34-20-1-4-22(5-2-20)41-29(44-23-6-7-23)10-8-25(33(41)43)32(42)39-21-3-9-27(26(35)14-21)45-28-13-18-17-38-40-12-11-24(31(18)40)30(28)19-15-36-37-16-19;1-2-43-28-10-8-24(32(42)40(28)22-6-3-20(33)4-7-22)31(41)38-21-5-9-26(25(34)14-21)44-27-13-18-17-37-39-12-11-23(30(18)39)29(27)19-15-35-36-16-19;1-42-27-9-7-23(31(41)39(27)21-5-2-19(32)3-6-21)30(40)37-20-4-8-25(24(33)13-20)43-26-12-17-16-36-38-11-10-22(29(17)38)28(26)18-14-34-35-15-18/h1-5,8-17,23H,6-7H2,(H,36,37)(H,39,42);3-17H,2H2,1H3,(H,35,36)(H,38,41);2-16H,1H3,(H,34,35)(H,37,40). The van der Waals surface area contributed by atoms with Crippen LogP contribution in [0.5, 0.6) is 52.1 Å². The number of anilines is 3. The summed E-state index contributed by atoms with van der Waals surface area (Å²) in [7, 11) is 1.37. The first-order valence-corrected chi connectivity index (χ1v) is 40.7. The Morgan fingerprint density at radius 1 is 0.386 bits per heavy atom. The zero-order valence-electron chi connectivity index (χ0n) is 68.7. The molecule has 1 saturated carbocycles. The summed E-state index contributed by atoms with van der Waals surface area (Å²) in [5.74, 6) is -4.37. The molecule has 0 saturated heterocycles. The third-order valence-electron chi connectivity index (χ3n) is 21.8. The molecule has 0 spiro atoms. The van der Waals surface area contributed by atoms with Gasteiger partial charge < -0.3 is 44.4 Å². The Labute approximate surface area is 737 Å². The lowest BCUT2D eigenvalue weighted by Crippen LogP contribution is -2.29. The fourth-order valence-electron chi connectivity index (χ4n) is 15.6. The van der Waals surface area contributed by atoms with Crippen molar-refractivity contribution in [1.82, 2.24) is 73.1 Å². The number of carbonyl (C=O) groups is 3. The van der Waals surface area contributed by atoms with E-state index in [9.17, 15) is 41.9 Å². The number of halogens is 6. The van der Waals surface area contributed by atoms with Crippen LogP contribution < -0.4 is 61.0 Å². The predicted octanol–water partition coefficient (Wildman–Crippen LogP) is 18.3. The topological polar surface area (TPSA) is 347 Å². The highest BCUT2D eigenvalue weighted by atomic mass is 19.1. The lowest BCUT2D eigenvalue weighted by atomic mass is 10.0. The van der Waals surface area contributed by atoms with E-state index in [4.69, 9.17) is 28.4 Å². The fraction of sp³-hybridized carbons (Fsp3) is 0.0625. The number of amides is 3. The third kappa shape index (κ3) is 15.6. The number of rotatable bonds is 23. The molecule has 3 amide bonds. The maximum atomic E-state index is 15.4. The first-order valence-electron chi connectivity index (χ1n) is 40.7. The van der Waals surface area contributed by atoms with Gasteiger partial charge in [-0.1, -0.05) is 0 Å². The van der Waals surface area contributed by atoms with Crippen LogP contribution in [0, 0.1) is 34.9 Å². The minimum Gasteiger partial charge on any atom is -0.482 e. The van der Waals surface area contributed by atoms with E-state index >= 15 is 13.2 Å². The van der Waals surface area contributed by atoms with E-state index in [1.165, 1.54) is 162 Å². The maximum Gasteiger partial charge on any atom is 0.270 e. The number of aromatic nitrogens is 15. The van der Waals surface area contributed by atoms with Gasteiger partial charge in [0, 0.05) is 138 Å². The summed E-state index contributed by atoms with van der Waals surface area (Å²) in [5.41, 5.74) is 5.71. The van der Waals surface area contributed by atoms with Crippen LogP contribution >= 0.6 is 0 Å². The van der Waals surface area contributed by atoms with Crippen LogP contribution in [-0.4, -0.2) is 111 Å². The van der Waals surface area contributed by atoms with Gasteiger partial charge in [0.25, 0.3) is 34.4 Å². The molecule has 0 unspecified atom stereocenters. The predicted molar refractivity (Wildman–Crippen MR) is 475 cm³/mol. The molecule has 1 aliphatic rings. The molecule has 0 atom stereocenters. The Morgan fingerprint density at radius 3 is 1.02 bits per heavy atom. The summed E-state index contributed by atoms with van der Waals surface area (Å²) in [6, 6.07) is 47.1. The van der Waals surface area contributed by atoms with Gasteiger partial charge in [-0.05, 0) is 202 Å². The van der Waals surface area contributed by atoms with E-state index in [1.54, 1.807) is 94.4 Å². The van der Waals surface area contributed by atoms with Gasteiger partial charge in [-0.15, -0.1) is 0 Å². The Balaban J connectivity index is 0.000000123. The summed E-state index contributed by atoms with van der Waals surface area (Å²) >= 11 is 0. The van der Waals surface area contributed by atoms with E-state index in [1.807, 2.05) is 36.8 Å². The van der Waals surface area contributed by atoms with E-state index in [0.717, 1.165) is 107 Å². The minimum absolute atomic E-state index is 0.0230. The molecule has 132 heavy (non-hydrogen) atoms. The quantitative estimate of drug-likeness (QED) is 0.0324. The highest BCUT2D eigenvalue weighted by molar-refractivity contribution is 6.11.